The Hall–Kier alpha value is -3.66. The molecule has 1 aromatic heterocycles. The second-order valence-corrected chi connectivity index (χ2v) is 9.06. The largest absolute Gasteiger partial charge is 0.418 e. The predicted molar refractivity (Wildman–Crippen MR) is 108 cm³/mol. The van der Waals surface area contributed by atoms with Crippen molar-refractivity contribution in [1.82, 2.24) is 4.98 Å². The molecule has 0 saturated heterocycles. The monoisotopic (exact) mass is 467 g/mol. The Kier molecular flexibility index (Phi) is 6.35. The zero-order chi connectivity index (χ0) is 23.5. The third-order valence-corrected chi connectivity index (χ3v) is 6.17. The number of halogens is 3. The number of aliphatic imine (C=N–C) groups is 1. The molecule has 13 heteroatoms. The molecular formula is C19H16F3N5O4S. The molecule has 1 amide bonds. The number of amidine groups is 1. The van der Waals surface area contributed by atoms with E-state index in [1.165, 1.54) is 18.3 Å². The van der Waals surface area contributed by atoms with E-state index in [1.54, 1.807) is 0 Å². The van der Waals surface area contributed by atoms with Crippen LogP contribution in [0.2, 0.25) is 0 Å². The lowest BCUT2D eigenvalue weighted by atomic mass is 9.87. The van der Waals surface area contributed by atoms with Crippen LogP contribution in [0.3, 0.4) is 0 Å². The Bertz CT molecular complexity index is 1210. The normalized spacial score (nSPS) is 20.0. The second kappa shape index (κ2) is 8.83. The molecule has 32 heavy (non-hydrogen) atoms. The van der Waals surface area contributed by atoms with E-state index >= 15 is 0 Å². The average Bonchev–Trinajstić information content (AvgIpc) is 2.85. The quantitative estimate of drug-likeness (QED) is 0.701. The minimum atomic E-state index is -3.79. The van der Waals surface area contributed by atoms with Crippen LogP contribution in [0, 0.1) is 17.1 Å². The molecule has 9 nitrogen and oxygen atoms in total. The molecule has 1 atom stereocenters. The van der Waals surface area contributed by atoms with Crippen LogP contribution in [0.25, 0.3) is 0 Å². The van der Waals surface area contributed by atoms with Crippen LogP contribution >= 0.6 is 0 Å². The Balaban J connectivity index is 1.90. The molecule has 0 spiro atoms. The highest BCUT2D eigenvalue weighted by molar-refractivity contribution is 7.92. The van der Waals surface area contributed by atoms with Crippen molar-refractivity contribution in [1.29, 1.82) is 5.26 Å². The van der Waals surface area contributed by atoms with Crippen molar-refractivity contribution in [3.05, 3.63) is 53.5 Å². The van der Waals surface area contributed by atoms with Crippen molar-refractivity contribution in [3.63, 3.8) is 0 Å². The van der Waals surface area contributed by atoms with Gasteiger partial charge < -0.3 is 10.5 Å². The van der Waals surface area contributed by atoms with E-state index in [1.807, 2.05) is 6.07 Å². The fraction of sp³-hybridized carbons (Fsp3) is 0.263. The van der Waals surface area contributed by atoms with Crippen molar-refractivity contribution < 1.29 is 31.1 Å². The fourth-order valence-electron chi connectivity index (χ4n) is 3.10. The van der Waals surface area contributed by atoms with Gasteiger partial charge in [-0.15, -0.1) is 0 Å². The molecule has 0 fully saturated rings. The summed E-state index contributed by atoms with van der Waals surface area (Å²) >= 11 is 0. The number of nitrogens with one attached hydrogen (secondary N) is 1. The van der Waals surface area contributed by atoms with Gasteiger partial charge >= 0.3 is 6.09 Å². The lowest BCUT2D eigenvalue weighted by molar-refractivity contribution is 0.0496. The van der Waals surface area contributed by atoms with Crippen molar-refractivity contribution in [2.24, 2.45) is 10.7 Å². The molecule has 2 heterocycles. The number of carbonyl (C=O) groups is 1. The van der Waals surface area contributed by atoms with Gasteiger partial charge in [0.05, 0.1) is 11.3 Å². The van der Waals surface area contributed by atoms with Gasteiger partial charge in [-0.1, -0.05) is 0 Å². The number of hydrogen-bond donors (Lipinski definition) is 2. The van der Waals surface area contributed by atoms with E-state index in [0.29, 0.717) is 0 Å². The average molecular weight is 467 g/mol. The molecule has 1 aliphatic rings. The topological polar surface area (TPSA) is 148 Å². The summed E-state index contributed by atoms with van der Waals surface area (Å²) in [6.07, 6.45) is -3.87. The standard InChI is InChI=1S/C19H16F3N5O4S/c20-14-3-2-12(26-18(28)31-16-4-1-11(8-23)9-25-16)7-13(14)19(17(21)22)5-6-32(29,30)10-15(24)27-19/h1-4,7,9,17H,5-6,10H2,(H2,24,27)(H,26,28)/t19-/m0/s1. The molecule has 1 aromatic carbocycles. The van der Waals surface area contributed by atoms with Crippen molar-refractivity contribution in [2.45, 2.75) is 18.4 Å². The van der Waals surface area contributed by atoms with Gasteiger partial charge in [-0.2, -0.15) is 5.26 Å². The molecule has 1 aliphatic heterocycles. The second-order valence-electron chi connectivity index (χ2n) is 6.88. The van der Waals surface area contributed by atoms with Crippen LogP contribution in [0.5, 0.6) is 5.88 Å². The first-order valence-corrected chi connectivity index (χ1v) is 10.8. The first kappa shape index (κ1) is 23.0. The maximum Gasteiger partial charge on any atom is 0.418 e. The number of alkyl halides is 2. The van der Waals surface area contributed by atoms with Crippen LogP contribution in [0.1, 0.15) is 17.5 Å². The molecular weight excluding hydrogens is 451 g/mol. The maximum absolute atomic E-state index is 14.6. The lowest BCUT2D eigenvalue weighted by Crippen LogP contribution is -2.36. The number of sulfone groups is 1. The number of nitrogens with zero attached hydrogens (tertiary/aromatic N) is 3. The highest BCUT2D eigenvalue weighted by Gasteiger charge is 2.46. The van der Waals surface area contributed by atoms with Crippen molar-refractivity contribution >= 4 is 27.5 Å². The minimum absolute atomic E-state index is 0.110. The molecule has 0 aliphatic carbocycles. The number of benzene rings is 1. The summed E-state index contributed by atoms with van der Waals surface area (Å²) in [4.78, 5) is 19.5. The van der Waals surface area contributed by atoms with Gasteiger partial charge in [-0.3, -0.25) is 10.3 Å². The number of hydrogen-bond acceptors (Lipinski definition) is 8. The summed E-state index contributed by atoms with van der Waals surface area (Å²) in [6.45, 7) is 0. The minimum Gasteiger partial charge on any atom is -0.391 e. The Labute approximate surface area is 180 Å². The van der Waals surface area contributed by atoms with Crippen molar-refractivity contribution in [2.75, 3.05) is 16.8 Å². The predicted octanol–water partition coefficient (Wildman–Crippen LogP) is 2.34. The van der Waals surface area contributed by atoms with Gasteiger partial charge in [-0.05, 0) is 30.7 Å². The van der Waals surface area contributed by atoms with E-state index in [0.717, 1.165) is 18.2 Å². The lowest BCUT2D eigenvalue weighted by Gasteiger charge is -2.29. The van der Waals surface area contributed by atoms with E-state index in [2.05, 4.69) is 15.3 Å². The highest BCUT2D eigenvalue weighted by atomic mass is 32.2. The van der Waals surface area contributed by atoms with Crippen LogP contribution in [0.4, 0.5) is 23.7 Å². The number of ether oxygens (including phenoxy) is 1. The van der Waals surface area contributed by atoms with Gasteiger partial charge in [-0.25, -0.2) is 31.4 Å². The van der Waals surface area contributed by atoms with Gasteiger partial charge in [0, 0.05) is 23.5 Å². The maximum atomic E-state index is 14.6. The number of rotatable bonds is 4. The number of nitriles is 1. The molecule has 2 aromatic rings. The molecule has 3 N–H and O–H groups in total. The van der Waals surface area contributed by atoms with Crippen LogP contribution in [0.15, 0.2) is 41.5 Å². The summed E-state index contributed by atoms with van der Waals surface area (Å²) in [6, 6.07) is 7.33. The van der Waals surface area contributed by atoms with E-state index < -0.39 is 63.0 Å². The van der Waals surface area contributed by atoms with Crippen LogP contribution < -0.4 is 15.8 Å². The summed E-state index contributed by atoms with van der Waals surface area (Å²) in [5, 5.41) is 11.0. The van der Waals surface area contributed by atoms with E-state index in [4.69, 9.17) is 15.7 Å². The summed E-state index contributed by atoms with van der Waals surface area (Å²) in [5.41, 5.74) is 2.49. The van der Waals surface area contributed by atoms with E-state index in [9.17, 15) is 26.4 Å². The zero-order valence-corrected chi connectivity index (χ0v) is 17.1. The van der Waals surface area contributed by atoms with Gasteiger partial charge in [0.1, 0.15) is 23.5 Å². The van der Waals surface area contributed by atoms with Crippen LogP contribution in [-0.2, 0) is 15.4 Å². The zero-order valence-electron chi connectivity index (χ0n) is 16.3. The van der Waals surface area contributed by atoms with Gasteiger partial charge in [0.15, 0.2) is 15.4 Å². The Morgan fingerprint density at radius 2 is 2.06 bits per heavy atom. The third-order valence-electron chi connectivity index (χ3n) is 4.61. The van der Waals surface area contributed by atoms with Gasteiger partial charge in [0.2, 0.25) is 5.88 Å². The highest BCUT2D eigenvalue weighted by Crippen LogP contribution is 2.40. The molecule has 0 bridgehead atoms. The number of amides is 1. The summed E-state index contributed by atoms with van der Waals surface area (Å²) in [5.74, 6) is -3.17. The molecule has 0 saturated carbocycles. The molecule has 168 valence electrons. The SMILES string of the molecule is N#Cc1ccc(OC(=O)Nc2ccc(F)c([C@]3(C(F)F)CCS(=O)(=O)CC(N)=N3)c2)nc1. The Morgan fingerprint density at radius 1 is 1.31 bits per heavy atom. The number of carbonyl (C=O) groups excluding carboxylic acids is 1. The number of anilines is 1. The molecule has 3 rings (SSSR count). The Morgan fingerprint density at radius 3 is 2.69 bits per heavy atom. The van der Waals surface area contributed by atoms with E-state index in [-0.39, 0.29) is 17.1 Å². The van der Waals surface area contributed by atoms with Crippen LogP contribution in [-0.4, -0.2) is 43.3 Å². The summed E-state index contributed by atoms with van der Waals surface area (Å²) in [7, 11) is -3.79. The number of aromatic nitrogens is 1. The summed E-state index contributed by atoms with van der Waals surface area (Å²) < 4.78 is 71.6. The van der Waals surface area contributed by atoms with Gasteiger partial charge in [0.25, 0.3) is 6.43 Å². The van der Waals surface area contributed by atoms with Crippen molar-refractivity contribution in [3.8, 4) is 11.9 Å². The number of nitrogens with two attached hydrogens (primary N) is 1. The first-order chi connectivity index (χ1) is 15.0. The fourth-order valence-corrected chi connectivity index (χ4v) is 4.39. The smallest absolute Gasteiger partial charge is 0.391 e. The number of pyridine rings is 1. The third kappa shape index (κ3) is 4.97. The molecule has 0 unspecified atom stereocenters. The first-order valence-electron chi connectivity index (χ1n) is 9.02. The molecule has 0 radical (unpaired) electrons.